The van der Waals surface area contributed by atoms with E-state index in [0.717, 1.165) is 23.1 Å². The maximum atomic E-state index is 13.6. The molecule has 0 amide bonds. The Morgan fingerprint density at radius 2 is 2.17 bits per heavy atom. The molecule has 18 heavy (non-hydrogen) atoms. The van der Waals surface area contributed by atoms with Crippen molar-refractivity contribution < 1.29 is 13.5 Å². The summed E-state index contributed by atoms with van der Waals surface area (Å²) in [4.78, 5) is 5.07. The van der Waals surface area contributed by atoms with Gasteiger partial charge < -0.3 is 10.5 Å². The smallest absolute Gasteiger partial charge is 0.133 e. The SMILES string of the molecule is COCc1nc(-c2cc(F)ccc2F)sc1CN. The molecule has 1 aromatic heterocycles. The molecule has 0 saturated carbocycles. The summed E-state index contributed by atoms with van der Waals surface area (Å²) in [5.74, 6) is -0.998. The molecule has 0 aliphatic rings. The summed E-state index contributed by atoms with van der Waals surface area (Å²) in [6.45, 7) is 0.604. The summed E-state index contributed by atoms with van der Waals surface area (Å²) in [6.07, 6.45) is 0. The van der Waals surface area contributed by atoms with Crippen molar-refractivity contribution in [2.45, 2.75) is 13.2 Å². The molecule has 2 N–H and O–H groups in total. The molecule has 0 unspecified atom stereocenters. The van der Waals surface area contributed by atoms with Crippen molar-refractivity contribution in [1.29, 1.82) is 0 Å². The van der Waals surface area contributed by atoms with Gasteiger partial charge in [-0.25, -0.2) is 13.8 Å². The molecule has 0 saturated heterocycles. The van der Waals surface area contributed by atoms with Crippen molar-refractivity contribution in [1.82, 2.24) is 4.98 Å². The maximum absolute atomic E-state index is 13.6. The number of hydrogen-bond donors (Lipinski definition) is 1. The fourth-order valence-electron chi connectivity index (χ4n) is 1.57. The van der Waals surface area contributed by atoms with Gasteiger partial charge in [-0.15, -0.1) is 11.3 Å². The Balaban J connectivity index is 2.47. The third kappa shape index (κ3) is 2.55. The summed E-state index contributed by atoms with van der Waals surface area (Å²) in [7, 11) is 1.54. The van der Waals surface area contributed by atoms with E-state index in [0.29, 0.717) is 23.9 Å². The van der Waals surface area contributed by atoms with Gasteiger partial charge in [0.1, 0.15) is 16.6 Å². The minimum atomic E-state index is -0.502. The Bertz CT molecular complexity index is 557. The zero-order valence-electron chi connectivity index (χ0n) is 9.74. The van der Waals surface area contributed by atoms with E-state index < -0.39 is 11.6 Å². The second-order valence-corrected chi connectivity index (χ2v) is 4.73. The molecule has 96 valence electrons. The van der Waals surface area contributed by atoms with Gasteiger partial charge >= 0.3 is 0 Å². The third-order valence-electron chi connectivity index (χ3n) is 2.40. The first-order valence-electron chi connectivity index (χ1n) is 5.28. The first-order valence-corrected chi connectivity index (χ1v) is 6.10. The van der Waals surface area contributed by atoms with Gasteiger partial charge in [-0.05, 0) is 18.2 Å². The topological polar surface area (TPSA) is 48.1 Å². The standard InChI is InChI=1S/C12H12F2N2OS/c1-17-6-10-11(5-15)18-12(16-10)8-4-7(13)2-3-9(8)14/h2-4H,5-6,15H2,1H3. The maximum Gasteiger partial charge on any atom is 0.133 e. The summed E-state index contributed by atoms with van der Waals surface area (Å²) in [5, 5.41) is 0.416. The number of halogens is 2. The lowest BCUT2D eigenvalue weighted by molar-refractivity contribution is 0.181. The molecule has 2 rings (SSSR count). The van der Waals surface area contributed by atoms with Crippen LogP contribution in [0.5, 0.6) is 0 Å². The van der Waals surface area contributed by atoms with E-state index in [1.165, 1.54) is 11.3 Å². The van der Waals surface area contributed by atoms with Crippen LogP contribution in [-0.4, -0.2) is 12.1 Å². The number of aromatic nitrogens is 1. The second-order valence-electron chi connectivity index (χ2n) is 3.65. The van der Waals surface area contributed by atoms with Gasteiger partial charge in [0.05, 0.1) is 12.3 Å². The van der Waals surface area contributed by atoms with Gasteiger partial charge in [0, 0.05) is 24.1 Å². The zero-order chi connectivity index (χ0) is 13.1. The quantitative estimate of drug-likeness (QED) is 0.929. The van der Waals surface area contributed by atoms with Crippen LogP contribution in [0.1, 0.15) is 10.6 Å². The van der Waals surface area contributed by atoms with Gasteiger partial charge in [-0.2, -0.15) is 0 Å². The van der Waals surface area contributed by atoms with Crippen molar-refractivity contribution in [2.75, 3.05) is 7.11 Å². The van der Waals surface area contributed by atoms with E-state index in [4.69, 9.17) is 10.5 Å². The van der Waals surface area contributed by atoms with Crippen molar-refractivity contribution in [3.05, 3.63) is 40.4 Å². The molecule has 3 nitrogen and oxygen atoms in total. The number of nitrogens with two attached hydrogens (primary N) is 1. The van der Waals surface area contributed by atoms with E-state index in [1.807, 2.05) is 0 Å². The number of benzene rings is 1. The fourth-order valence-corrected chi connectivity index (χ4v) is 2.53. The lowest BCUT2D eigenvalue weighted by atomic mass is 10.2. The Kier molecular flexibility index (Phi) is 4.00. The Labute approximate surface area is 107 Å². The molecule has 1 aromatic carbocycles. The van der Waals surface area contributed by atoms with Crippen molar-refractivity contribution in [3.8, 4) is 10.6 Å². The normalized spacial score (nSPS) is 10.9. The number of methoxy groups -OCH3 is 1. The van der Waals surface area contributed by atoms with Gasteiger partial charge in [0.25, 0.3) is 0 Å². The Morgan fingerprint density at radius 3 is 2.83 bits per heavy atom. The highest BCUT2D eigenvalue weighted by Crippen LogP contribution is 2.30. The van der Waals surface area contributed by atoms with Crippen molar-refractivity contribution in [2.24, 2.45) is 5.73 Å². The molecule has 0 atom stereocenters. The Morgan fingerprint density at radius 1 is 1.39 bits per heavy atom. The fraction of sp³-hybridized carbons (Fsp3) is 0.250. The zero-order valence-corrected chi connectivity index (χ0v) is 10.6. The van der Waals surface area contributed by atoms with Crippen LogP contribution in [0.2, 0.25) is 0 Å². The molecule has 0 aliphatic heterocycles. The van der Waals surface area contributed by atoms with Crippen LogP contribution in [-0.2, 0) is 17.9 Å². The van der Waals surface area contributed by atoms with Crippen LogP contribution in [0.15, 0.2) is 18.2 Å². The summed E-state index contributed by atoms with van der Waals surface area (Å²) >= 11 is 1.25. The van der Waals surface area contributed by atoms with E-state index in [1.54, 1.807) is 7.11 Å². The minimum Gasteiger partial charge on any atom is -0.378 e. The molecular formula is C12H12F2N2OS. The van der Waals surface area contributed by atoms with Gasteiger partial charge in [0.15, 0.2) is 0 Å². The number of thiazole rings is 1. The van der Waals surface area contributed by atoms with Crippen molar-refractivity contribution >= 4 is 11.3 Å². The monoisotopic (exact) mass is 270 g/mol. The largest absolute Gasteiger partial charge is 0.378 e. The van der Waals surface area contributed by atoms with Crippen molar-refractivity contribution in [3.63, 3.8) is 0 Å². The molecule has 0 spiro atoms. The first-order chi connectivity index (χ1) is 8.65. The van der Waals surface area contributed by atoms with Crippen LogP contribution in [0.3, 0.4) is 0 Å². The van der Waals surface area contributed by atoms with E-state index >= 15 is 0 Å². The lowest BCUT2D eigenvalue weighted by Gasteiger charge is -1.98. The van der Waals surface area contributed by atoms with E-state index in [2.05, 4.69) is 4.98 Å². The molecule has 0 bridgehead atoms. The molecular weight excluding hydrogens is 258 g/mol. The average molecular weight is 270 g/mol. The molecule has 0 aliphatic carbocycles. The van der Waals surface area contributed by atoms with Crippen LogP contribution < -0.4 is 5.73 Å². The third-order valence-corrected chi connectivity index (χ3v) is 3.56. The summed E-state index contributed by atoms with van der Waals surface area (Å²) in [5.41, 5.74) is 6.41. The molecule has 2 aromatic rings. The minimum absolute atomic E-state index is 0.150. The van der Waals surface area contributed by atoms with Crippen LogP contribution in [0.4, 0.5) is 8.78 Å². The van der Waals surface area contributed by atoms with E-state index in [9.17, 15) is 8.78 Å². The summed E-state index contributed by atoms with van der Waals surface area (Å²) in [6, 6.07) is 3.29. The highest BCUT2D eigenvalue weighted by molar-refractivity contribution is 7.15. The predicted octanol–water partition coefficient (Wildman–Crippen LogP) is 2.69. The van der Waals surface area contributed by atoms with Gasteiger partial charge in [-0.1, -0.05) is 0 Å². The van der Waals surface area contributed by atoms with Crippen LogP contribution in [0, 0.1) is 11.6 Å². The molecule has 0 radical (unpaired) electrons. The summed E-state index contributed by atoms with van der Waals surface area (Å²) < 4.78 is 31.7. The second kappa shape index (κ2) is 5.51. The molecule has 0 fully saturated rings. The molecule has 1 heterocycles. The highest BCUT2D eigenvalue weighted by atomic mass is 32.1. The lowest BCUT2D eigenvalue weighted by Crippen LogP contribution is -1.99. The van der Waals surface area contributed by atoms with Crippen LogP contribution in [0.25, 0.3) is 10.6 Å². The highest BCUT2D eigenvalue weighted by Gasteiger charge is 2.15. The predicted molar refractivity (Wildman–Crippen MR) is 66.1 cm³/mol. The van der Waals surface area contributed by atoms with Crippen LogP contribution >= 0.6 is 11.3 Å². The molecule has 6 heteroatoms. The number of rotatable bonds is 4. The number of hydrogen-bond acceptors (Lipinski definition) is 4. The van der Waals surface area contributed by atoms with Gasteiger partial charge in [0.2, 0.25) is 0 Å². The van der Waals surface area contributed by atoms with Gasteiger partial charge in [-0.3, -0.25) is 0 Å². The number of ether oxygens (including phenoxy) is 1. The average Bonchev–Trinajstić information content (AvgIpc) is 2.76. The first kappa shape index (κ1) is 13.1. The Hall–Kier alpha value is -1.37. The number of nitrogens with zero attached hydrogens (tertiary/aromatic N) is 1. The van der Waals surface area contributed by atoms with E-state index in [-0.39, 0.29) is 5.56 Å².